The predicted octanol–water partition coefficient (Wildman–Crippen LogP) is 4.94. The van der Waals surface area contributed by atoms with E-state index in [1.807, 2.05) is 0 Å². The molecule has 27 heavy (non-hydrogen) atoms. The molecule has 0 aliphatic heterocycles. The number of hydrogen-bond acceptors (Lipinski definition) is 0. The van der Waals surface area contributed by atoms with Crippen LogP contribution < -0.4 is 9.13 Å². The van der Waals surface area contributed by atoms with Gasteiger partial charge >= 0.3 is 0 Å². The van der Waals surface area contributed by atoms with Gasteiger partial charge in [0, 0.05) is 56.5 Å². The summed E-state index contributed by atoms with van der Waals surface area (Å²) in [5, 5.41) is 2.59. The number of aromatic nitrogens is 2. The van der Waals surface area contributed by atoms with Crippen molar-refractivity contribution in [1.29, 1.82) is 0 Å². The maximum atomic E-state index is 2.40. The Kier molecular flexibility index (Phi) is 4.27. The monoisotopic (exact) mass is 354 g/mol. The van der Waals surface area contributed by atoms with E-state index in [0.717, 1.165) is 0 Å². The molecule has 0 bridgehead atoms. The minimum absolute atomic E-state index is 1.23. The summed E-state index contributed by atoms with van der Waals surface area (Å²) in [7, 11) is 0. The molecule has 2 aromatic heterocycles. The van der Waals surface area contributed by atoms with Crippen molar-refractivity contribution in [1.82, 2.24) is 0 Å². The Morgan fingerprint density at radius 1 is 0.667 bits per heavy atom. The summed E-state index contributed by atoms with van der Waals surface area (Å²) in [6.07, 6.45) is 2.14. The zero-order valence-corrected chi connectivity index (χ0v) is 16.7. The highest BCUT2D eigenvalue weighted by atomic mass is 15.0. The van der Waals surface area contributed by atoms with Crippen LogP contribution in [0.5, 0.6) is 0 Å². The van der Waals surface area contributed by atoms with Crippen molar-refractivity contribution in [3.63, 3.8) is 0 Å². The van der Waals surface area contributed by atoms with Crippen LogP contribution in [-0.2, 0) is 0 Å². The van der Waals surface area contributed by atoms with Gasteiger partial charge in [-0.15, -0.1) is 0 Å². The molecule has 0 atom stereocenters. The van der Waals surface area contributed by atoms with E-state index in [2.05, 4.69) is 111 Å². The summed E-state index contributed by atoms with van der Waals surface area (Å²) in [6.45, 7) is 11.0. The van der Waals surface area contributed by atoms with Crippen LogP contribution in [0.3, 0.4) is 0 Å². The molecule has 2 aromatic carbocycles. The summed E-state index contributed by atoms with van der Waals surface area (Å²) in [4.78, 5) is 0. The third kappa shape index (κ3) is 2.91. The molecule has 0 unspecified atom stereocenters. The van der Waals surface area contributed by atoms with Crippen LogP contribution in [0.1, 0.15) is 28.2 Å². The summed E-state index contributed by atoms with van der Waals surface area (Å²) in [6, 6.07) is 21.8. The number of nitrogens with zero attached hydrogens (tertiary/aromatic N) is 2. The largest absolute Gasteiger partial charge is 0.220 e. The van der Waals surface area contributed by atoms with Crippen LogP contribution in [0.4, 0.5) is 0 Å². The van der Waals surface area contributed by atoms with Gasteiger partial charge in [-0.2, -0.15) is 9.13 Å². The first kappa shape index (κ1) is 17.4. The van der Waals surface area contributed by atoms with E-state index >= 15 is 0 Å². The molecule has 4 aromatic rings. The van der Waals surface area contributed by atoms with E-state index in [4.69, 9.17) is 0 Å². The molecule has 134 valence electrons. The molecular formula is C25H26N2+2. The fourth-order valence-electron chi connectivity index (χ4n) is 4.10. The summed E-state index contributed by atoms with van der Waals surface area (Å²) in [5.74, 6) is 0. The van der Waals surface area contributed by atoms with E-state index in [1.165, 1.54) is 50.4 Å². The second kappa shape index (κ2) is 6.62. The first-order valence-corrected chi connectivity index (χ1v) is 9.47. The molecule has 2 nitrogen and oxygen atoms in total. The van der Waals surface area contributed by atoms with Gasteiger partial charge in [-0.1, -0.05) is 24.3 Å². The number of benzene rings is 2. The Labute approximate surface area is 161 Å². The van der Waals surface area contributed by atoms with Crippen molar-refractivity contribution < 1.29 is 9.13 Å². The van der Waals surface area contributed by atoms with Gasteiger partial charge in [0.2, 0.25) is 11.4 Å². The first-order chi connectivity index (χ1) is 13.0. The normalized spacial score (nSPS) is 11.1. The van der Waals surface area contributed by atoms with Crippen molar-refractivity contribution in [3.05, 3.63) is 95.1 Å². The van der Waals surface area contributed by atoms with E-state index in [1.54, 1.807) is 0 Å². The van der Waals surface area contributed by atoms with Gasteiger partial charge in [-0.3, -0.25) is 0 Å². The number of fused-ring (bicyclic) bond motifs is 1. The molecule has 0 saturated heterocycles. The highest BCUT2D eigenvalue weighted by molar-refractivity contribution is 5.83. The van der Waals surface area contributed by atoms with Crippen molar-refractivity contribution in [2.75, 3.05) is 0 Å². The van der Waals surface area contributed by atoms with Gasteiger partial charge in [-0.25, -0.2) is 0 Å². The van der Waals surface area contributed by atoms with E-state index < -0.39 is 0 Å². The molecule has 2 heteroatoms. The smallest absolute Gasteiger partial charge is 0.164 e. The predicted molar refractivity (Wildman–Crippen MR) is 111 cm³/mol. The first-order valence-electron chi connectivity index (χ1n) is 9.47. The molecule has 0 fully saturated rings. The van der Waals surface area contributed by atoms with Crippen molar-refractivity contribution in [3.8, 4) is 11.4 Å². The van der Waals surface area contributed by atoms with E-state index in [0.29, 0.717) is 0 Å². The molecule has 0 aliphatic carbocycles. The quantitative estimate of drug-likeness (QED) is 0.451. The lowest BCUT2D eigenvalue weighted by Gasteiger charge is -2.11. The van der Waals surface area contributed by atoms with Crippen molar-refractivity contribution >= 4 is 10.8 Å². The number of rotatable bonds is 2. The van der Waals surface area contributed by atoms with Gasteiger partial charge in [0.05, 0.1) is 5.56 Å². The summed E-state index contributed by atoms with van der Waals surface area (Å²) < 4.78 is 4.67. The fraction of sp³-hybridized carbons (Fsp3) is 0.200. The Balaban J connectivity index is 2.04. The Hall–Kier alpha value is -3.00. The molecular weight excluding hydrogens is 328 g/mol. The van der Waals surface area contributed by atoms with Crippen molar-refractivity contribution in [2.24, 2.45) is 0 Å². The van der Waals surface area contributed by atoms with Gasteiger partial charge in [0.1, 0.15) is 0 Å². The molecule has 0 amide bonds. The van der Waals surface area contributed by atoms with Crippen LogP contribution in [0.15, 0.2) is 66.9 Å². The molecule has 0 spiro atoms. The van der Waals surface area contributed by atoms with Crippen LogP contribution in [0.25, 0.3) is 22.1 Å². The highest BCUT2D eigenvalue weighted by Gasteiger charge is 2.25. The average molecular weight is 354 g/mol. The second-order valence-corrected chi connectivity index (χ2v) is 7.43. The molecule has 0 saturated carbocycles. The number of hydrogen-bond donors (Lipinski definition) is 0. The summed E-state index contributed by atoms with van der Waals surface area (Å²) in [5.41, 5.74) is 8.80. The molecule has 0 radical (unpaired) electrons. The molecule has 0 N–H and O–H groups in total. The standard InChI is InChI=1S/C25H26N2/c1-17-14-24(26-13-9-8-10-18(26)2)20(4)25(15-17)27-19(3)16-22-11-6-7-12-23(22)21(27)5/h6-16H,1-5H3/q+2. The average Bonchev–Trinajstić information content (AvgIpc) is 2.65. The van der Waals surface area contributed by atoms with E-state index in [-0.39, 0.29) is 0 Å². The minimum Gasteiger partial charge on any atom is -0.164 e. The Morgan fingerprint density at radius 2 is 1.37 bits per heavy atom. The maximum Gasteiger partial charge on any atom is 0.220 e. The Morgan fingerprint density at radius 3 is 2.15 bits per heavy atom. The third-order valence-corrected chi connectivity index (χ3v) is 5.46. The van der Waals surface area contributed by atoms with E-state index in [9.17, 15) is 0 Å². The zero-order chi connectivity index (χ0) is 19.1. The topological polar surface area (TPSA) is 7.76 Å². The molecule has 4 rings (SSSR count). The molecule has 2 heterocycles. The molecule has 0 aliphatic rings. The van der Waals surface area contributed by atoms with Gasteiger partial charge in [-0.05, 0) is 30.9 Å². The van der Waals surface area contributed by atoms with Crippen LogP contribution in [0.2, 0.25) is 0 Å². The van der Waals surface area contributed by atoms with Crippen LogP contribution >= 0.6 is 0 Å². The number of pyridine rings is 2. The number of aryl methyl sites for hydroxylation is 4. The van der Waals surface area contributed by atoms with Crippen molar-refractivity contribution in [2.45, 2.75) is 34.6 Å². The second-order valence-electron chi connectivity index (χ2n) is 7.43. The van der Waals surface area contributed by atoms with Gasteiger partial charge in [0.15, 0.2) is 23.3 Å². The maximum absolute atomic E-state index is 2.40. The lowest BCUT2D eigenvalue weighted by atomic mass is 10.0. The van der Waals surface area contributed by atoms with Crippen LogP contribution in [0, 0.1) is 34.6 Å². The van der Waals surface area contributed by atoms with Crippen LogP contribution in [-0.4, -0.2) is 0 Å². The zero-order valence-electron chi connectivity index (χ0n) is 16.7. The lowest BCUT2D eigenvalue weighted by Crippen LogP contribution is -2.41. The highest BCUT2D eigenvalue weighted by Crippen LogP contribution is 2.22. The minimum atomic E-state index is 1.23. The Bertz CT molecular complexity index is 1170. The third-order valence-electron chi connectivity index (χ3n) is 5.46. The van der Waals surface area contributed by atoms with Gasteiger partial charge < -0.3 is 0 Å². The SMILES string of the molecule is Cc1cc(-[n+]2ccccc2C)c(C)c(-[n+]2c(C)cc3ccccc3c2C)c1. The van der Waals surface area contributed by atoms with Gasteiger partial charge in [0.25, 0.3) is 0 Å². The lowest BCUT2D eigenvalue weighted by molar-refractivity contribution is -0.614. The summed E-state index contributed by atoms with van der Waals surface area (Å²) >= 11 is 0. The fourth-order valence-corrected chi connectivity index (χ4v) is 4.10.